The van der Waals surface area contributed by atoms with E-state index in [1.807, 2.05) is 18.2 Å². The van der Waals surface area contributed by atoms with Crippen molar-refractivity contribution >= 4 is 28.6 Å². The van der Waals surface area contributed by atoms with E-state index >= 15 is 0 Å². The molecule has 2 heterocycles. The first-order valence-electron chi connectivity index (χ1n) is 9.77. The maximum Gasteiger partial charge on any atom is 0.262 e. The van der Waals surface area contributed by atoms with Crippen molar-refractivity contribution in [2.24, 2.45) is 0 Å². The first kappa shape index (κ1) is 20.3. The minimum atomic E-state index is -0.190. The van der Waals surface area contributed by atoms with Gasteiger partial charge in [-0.3, -0.25) is 14.2 Å². The van der Waals surface area contributed by atoms with Crippen molar-refractivity contribution in [1.82, 2.24) is 14.9 Å². The van der Waals surface area contributed by atoms with E-state index in [1.54, 1.807) is 48.7 Å². The summed E-state index contributed by atoms with van der Waals surface area (Å²) in [7, 11) is 3.19. The van der Waals surface area contributed by atoms with Crippen LogP contribution in [-0.2, 0) is 13.0 Å². The maximum absolute atomic E-state index is 12.7. The Morgan fingerprint density at radius 3 is 2.80 bits per heavy atom. The number of carbonyl (C=O) groups is 1. The largest absolute Gasteiger partial charge is 0.493 e. The molecule has 4 rings (SSSR count). The quantitative estimate of drug-likeness (QED) is 0.612. The van der Waals surface area contributed by atoms with Gasteiger partial charge < -0.3 is 14.8 Å². The second kappa shape index (κ2) is 8.79. The number of amides is 1. The molecule has 0 bridgehead atoms. The molecule has 2 aromatic carbocycles. The third-order valence-electron chi connectivity index (χ3n) is 5.09. The number of nitrogens with zero attached hydrogens (tertiary/aromatic N) is 2. The van der Waals surface area contributed by atoms with Crippen LogP contribution in [0.2, 0.25) is 0 Å². The average molecular weight is 426 g/mol. The van der Waals surface area contributed by atoms with Crippen LogP contribution in [0.4, 0.5) is 0 Å². The van der Waals surface area contributed by atoms with Crippen LogP contribution in [-0.4, -0.2) is 42.0 Å². The molecule has 0 aliphatic carbocycles. The normalized spacial score (nSPS) is 13.0. The van der Waals surface area contributed by atoms with E-state index in [4.69, 9.17) is 9.47 Å². The van der Waals surface area contributed by atoms with E-state index in [2.05, 4.69) is 10.3 Å². The number of benzene rings is 2. The van der Waals surface area contributed by atoms with Crippen LogP contribution in [0.25, 0.3) is 10.9 Å². The molecule has 0 radical (unpaired) electrons. The molecule has 0 fully saturated rings. The van der Waals surface area contributed by atoms with Crippen molar-refractivity contribution in [3.63, 3.8) is 0 Å². The van der Waals surface area contributed by atoms with Gasteiger partial charge in [0.1, 0.15) is 0 Å². The highest BCUT2D eigenvalue weighted by atomic mass is 32.2. The number of fused-ring (bicyclic) bond motifs is 2. The fourth-order valence-electron chi connectivity index (χ4n) is 3.49. The van der Waals surface area contributed by atoms with Crippen molar-refractivity contribution in [2.45, 2.75) is 24.5 Å². The number of thioether (sulfide) groups is 1. The van der Waals surface area contributed by atoms with Gasteiger partial charge in [0.05, 0.1) is 25.1 Å². The molecule has 30 heavy (non-hydrogen) atoms. The summed E-state index contributed by atoms with van der Waals surface area (Å²) in [5, 5.41) is 4.20. The number of rotatable bonds is 6. The van der Waals surface area contributed by atoms with Gasteiger partial charge >= 0.3 is 0 Å². The zero-order valence-corrected chi connectivity index (χ0v) is 17.8. The maximum atomic E-state index is 12.7. The monoisotopic (exact) mass is 425 g/mol. The van der Waals surface area contributed by atoms with E-state index in [0.717, 1.165) is 22.9 Å². The first-order chi connectivity index (χ1) is 14.6. The van der Waals surface area contributed by atoms with Crippen LogP contribution in [0.15, 0.2) is 46.3 Å². The Bertz CT molecular complexity index is 1160. The van der Waals surface area contributed by atoms with Crippen LogP contribution in [0.3, 0.4) is 0 Å². The van der Waals surface area contributed by atoms with Crippen LogP contribution in [0.1, 0.15) is 22.3 Å². The highest BCUT2D eigenvalue weighted by Crippen LogP contribution is 2.27. The summed E-state index contributed by atoms with van der Waals surface area (Å²) < 4.78 is 12.3. The highest BCUT2D eigenvalue weighted by Gasteiger charge is 2.16. The number of carbonyl (C=O) groups excluding carboxylic acids is 1. The van der Waals surface area contributed by atoms with Crippen LogP contribution in [0, 0.1) is 0 Å². The zero-order chi connectivity index (χ0) is 21.1. The third kappa shape index (κ3) is 4.00. The van der Waals surface area contributed by atoms with Crippen LogP contribution < -0.4 is 20.3 Å². The molecule has 0 saturated carbocycles. The third-order valence-corrected chi connectivity index (χ3v) is 6.15. The summed E-state index contributed by atoms with van der Waals surface area (Å²) in [6, 6.07) is 10.8. The van der Waals surface area contributed by atoms with E-state index in [9.17, 15) is 9.59 Å². The summed E-state index contributed by atoms with van der Waals surface area (Å²) in [4.78, 5) is 29.9. The van der Waals surface area contributed by atoms with Gasteiger partial charge in [-0.2, -0.15) is 0 Å². The Labute approximate surface area is 178 Å². The fourth-order valence-corrected chi connectivity index (χ4v) is 4.44. The molecule has 156 valence electrons. The number of nitrogens with one attached hydrogen (secondary N) is 1. The highest BCUT2D eigenvalue weighted by molar-refractivity contribution is 7.99. The number of ether oxygens (including phenoxy) is 2. The summed E-state index contributed by atoms with van der Waals surface area (Å²) in [6.45, 7) is 1.17. The SMILES string of the molecule is COc1ccc(CCNC(=O)c2ccc3c(=O)n4c(nc3c2)SCCC4)cc1OC. The molecular weight excluding hydrogens is 402 g/mol. The van der Waals surface area contributed by atoms with Crippen molar-refractivity contribution in [3.05, 3.63) is 57.9 Å². The van der Waals surface area contributed by atoms with Gasteiger partial charge in [-0.15, -0.1) is 0 Å². The molecule has 1 N–H and O–H groups in total. The summed E-state index contributed by atoms with van der Waals surface area (Å²) in [5.74, 6) is 2.10. The number of hydrogen-bond donors (Lipinski definition) is 1. The summed E-state index contributed by atoms with van der Waals surface area (Å²) in [5.41, 5.74) is 2.05. The molecule has 7 nitrogen and oxygen atoms in total. The van der Waals surface area contributed by atoms with Gasteiger partial charge in [-0.1, -0.05) is 17.8 Å². The molecular formula is C22H23N3O4S. The standard InChI is InChI=1S/C22H23N3O4S/c1-28-18-7-4-14(12-19(18)29-2)8-9-23-20(26)15-5-6-16-17(13-15)24-22-25(21(16)27)10-3-11-30-22/h4-7,12-13H,3,8-11H2,1-2H3,(H,23,26). The van der Waals surface area contributed by atoms with Crippen molar-refractivity contribution in [2.75, 3.05) is 26.5 Å². The predicted octanol–water partition coefficient (Wildman–Crippen LogP) is 2.88. The molecule has 0 spiro atoms. The van der Waals surface area contributed by atoms with Crippen molar-refractivity contribution < 1.29 is 14.3 Å². The topological polar surface area (TPSA) is 82.5 Å². The van der Waals surface area contributed by atoms with Crippen LogP contribution >= 0.6 is 11.8 Å². The lowest BCUT2D eigenvalue weighted by molar-refractivity contribution is 0.0954. The Hall–Kier alpha value is -3.00. The molecule has 1 aromatic heterocycles. The van der Waals surface area contributed by atoms with Gasteiger partial charge in [0.15, 0.2) is 16.7 Å². The number of aromatic nitrogens is 2. The van der Waals surface area contributed by atoms with Gasteiger partial charge in [0, 0.05) is 24.4 Å². The molecule has 3 aromatic rings. The molecule has 0 saturated heterocycles. The molecule has 1 aliphatic rings. The zero-order valence-electron chi connectivity index (χ0n) is 16.9. The smallest absolute Gasteiger partial charge is 0.262 e. The van der Waals surface area contributed by atoms with E-state index < -0.39 is 0 Å². The van der Waals surface area contributed by atoms with Crippen LogP contribution in [0.5, 0.6) is 11.5 Å². The predicted molar refractivity (Wildman–Crippen MR) is 117 cm³/mol. The second-order valence-electron chi connectivity index (χ2n) is 6.98. The second-order valence-corrected chi connectivity index (χ2v) is 8.04. The van der Waals surface area contributed by atoms with Gasteiger partial charge in [-0.25, -0.2) is 4.98 Å². The Morgan fingerprint density at radius 1 is 1.17 bits per heavy atom. The molecule has 1 amide bonds. The van der Waals surface area contributed by atoms with Gasteiger partial charge in [0.25, 0.3) is 11.5 Å². The Kier molecular flexibility index (Phi) is 5.94. The lowest BCUT2D eigenvalue weighted by Crippen LogP contribution is -2.27. The summed E-state index contributed by atoms with van der Waals surface area (Å²) in [6.07, 6.45) is 1.62. The minimum absolute atomic E-state index is 0.0392. The van der Waals surface area contributed by atoms with Gasteiger partial charge in [0.2, 0.25) is 0 Å². The fraction of sp³-hybridized carbons (Fsp3) is 0.318. The van der Waals surface area contributed by atoms with Crippen molar-refractivity contribution in [3.8, 4) is 11.5 Å². The lowest BCUT2D eigenvalue weighted by atomic mass is 10.1. The molecule has 0 atom stereocenters. The minimum Gasteiger partial charge on any atom is -0.493 e. The molecule has 0 unspecified atom stereocenters. The lowest BCUT2D eigenvalue weighted by Gasteiger charge is -2.17. The van der Waals surface area contributed by atoms with E-state index in [0.29, 0.717) is 47.5 Å². The molecule has 1 aliphatic heterocycles. The van der Waals surface area contributed by atoms with Gasteiger partial charge in [-0.05, 0) is 48.7 Å². The first-order valence-corrected chi connectivity index (χ1v) is 10.8. The van der Waals surface area contributed by atoms with E-state index in [1.165, 1.54) is 0 Å². The Morgan fingerprint density at radius 2 is 2.00 bits per heavy atom. The van der Waals surface area contributed by atoms with E-state index in [-0.39, 0.29) is 11.5 Å². The van der Waals surface area contributed by atoms with Crippen molar-refractivity contribution in [1.29, 1.82) is 0 Å². The number of methoxy groups -OCH3 is 2. The summed E-state index contributed by atoms with van der Waals surface area (Å²) >= 11 is 1.58. The Balaban J connectivity index is 1.46. The number of hydrogen-bond acceptors (Lipinski definition) is 6. The molecule has 8 heteroatoms. The average Bonchev–Trinajstić information content (AvgIpc) is 2.78.